The van der Waals surface area contributed by atoms with Crippen LogP contribution in [0.5, 0.6) is 0 Å². The molecule has 6 nitrogen and oxygen atoms in total. The van der Waals surface area contributed by atoms with Gasteiger partial charge >= 0.3 is 0 Å². The first-order valence-corrected chi connectivity index (χ1v) is 11.3. The van der Waals surface area contributed by atoms with Crippen LogP contribution in [0.1, 0.15) is 20.3 Å². The van der Waals surface area contributed by atoms with Gasteiger partial charge in [0, 0.05) is 39.4 Å². The van der Waals surface area contributed by atoms with E-state index in [2.05, 4.69) is 5.32 Å². The molecule has 0 saturated heterocycles. The molecule has 26 heavy (non-hydrogen) atoms. The number of anilines is 1. The summed E-state index contributed by atoms with van der Waals surface area (Å²) in [4.78, 5) is 14.3. The molecule has 0 radical (unpaired) electrons. The minimum Gasteiger partial charge on any atom is -0.358 e. The number of nitrogens with zero attached hydrogens (tertiary/aromatic N) is 2. The summed E-state index contributed by atoms with van der Waals surface area (Å²) in [5.41, 5.74) is 0.274. The number of sulfonamides is 1. The maximum absolute atomic E-state index is 12.2. The molecule has 0 aliphatic carbocycles. The molecule has 0 aromatic heterocycles. The normalized spacial score (nSPS) is 11.5. The third-order valence-corrected chi connectivity index (χ3v) is 7.23. The Balaban J connectivity index is 2.71. The number of carbonyl (C=O) groups excluding carboxylic acids is 1. The highest BCUT2D eigenvalue weighted by Gasteiger charge is 2.19. The van der Waals surface area contributed by atoms with Crippen molar-refractivity contribution in [1.82, 2.24) is 9.21 Å². The van der Waals surface area contributed by atoms with Gasteiger partial charge in [-0.15, -0.1) is 0 Å². The molecule has 10 heteroatoms. The summed E-state index contributed by atoms with van der Waals surface area (Å²) in [5, 5.41) is 2.95. The number of carbonyl (C=O) groups is 1. The number of halogens is 1. The van der Waals surface area contributed by atoms with E-state index in [-0.39, 0.29) is 27.9 Å². The Hall–Kier alpha value is -0.870. The van der Waals surface area contributed by atoms with Crippen LogP contribution in [0.25, 0.3) is 0 Å². The third-order valence-electron chi connectivity index (χ3n) is 3.57. The number of rotatable bonds is 8. The first-order valence-electron chi connectivity index (χ1n) is 8.07. The molecule has 0 fully saturated rings. The van der Waals surface area contributed by atoms with Gasteiger partial charge in [-0.05, 0) is 32.0 Å². The number of amides is 1. The zero-order chi connectivity index (χ0) is 19.9. The van der Waals surface area contributed by atoms with Gasteiger partial charge in [0.15, 0.2) is 0 Å². The van der Waals surface area contributed by atoms with Gasteiger partial charge in [-0.3, -0.25) is 4.79 Å². The van der Waals surface area contributed by atoms with E-state index in [4.69, 9.17) is 23.8 Å². The lowest BCUT2D eigenvalue weighted by molar-refractivity contribution is -0.115. The van der Waals surface area contributed by atoms with Crippen molar-refractivity contribution in [3.8, 4) is 0 Å². The highest BCUT2D eigenvalue weighted by Crippen LogP contribution is 2.26. The molecule has 1 aromatic carbocycles. The van der Waals surface area contributed by atoms with Crippen LogP contribution in [0.4, 0.5) is 5.69 Å². The van der Waals surface area contributed by atoms with E-state index in [0.29, 0.717) is 5.75 Å². The molecule has 0 saturated carbocycles. The quantitative estimate of drug-likeness (QED) is 0.629. The fraction of sp³-hybridized carbons (Fsp3) is 0.500. The molecular weight excluding hydrogens is 414 g/mol. The summed E-state index contributed by atoms with van der Waals surface area (Å²) in [6.07, 6.45) is 0.243. The average Bonchev–Trinajstić information content (AvgIpc) is 2.57. The standard InChI is InChI=1S/C16H24ClN3O3S3/c1-5-20(6-2)16(24)25-10-9-15(21)18-14-11-12(7-8-13(14)17)26(22,23)19(3)4/h7-8,11H,5-6,9-10H2,1-4H3,(H,18,21). The molecule has 0 bridgehead atoms. The van der Waals surface area contributed by atoms with Gasteiger partial charge < -0.3 is 10.2 Å². The summed E-state index contributed by atoms with van der Waals surface area (Å²) in [5.74, 6) is 0.287. The lowest BCUT2D eigenvalue weighted by Crippen LogP contribution is -2.27. The predicted octanol–water partition coefficient (Wildman–Crippen LogP) is 3.28. The first-order chi connectivity index (χ1) is 12.1. The molecule has 1 rings (SSSR count). The van der Waals surface area contributed by atoms with Gasteiger partial charge in [-0.2, -0.15) is 0 Å². The molecular formula is C16H24ClN3O3S3. The second-order valence-electron chi connectivity index (χ2n) is 5.51. The highest BCUT2D eigenvalue weighted by atomic mass is 35.5. The fourth-order valence-electron chi connectivity index (χ4n) is 1.99. The maximum Gasteiger partial charge on any atom is 0.242 e. The zero-order valence-electron chi connectivity index (χ0n) is 15.3. The Bertz CT molecular complexity index is 750. The van der Waals surface area contributed by atoms with Crippen molar-refractivity contribution in [3.05, 3.63) is 23.2 Å². The lowest BCUT2D eigenvalue weighted by atomic mass is 10.3. The Morgan fingerprint density at radius 1 is 1.27 bits per heavy atom. The van der Waals surface area contributed by atoms with Crippen LogP contribution in [0.2, 0.25) is 5.02 Å². The van der Waals surface area contributed by atoms with E-state index >= 15 is 0 Å². The monoisotopic (exact) mass is 437 g/mol. The summed E-state index contributed by atoms with van der Waals surface area (Å²) in [6.45, 7) is 5.72. The van der Waals surface area contributed by atoms with E-state index < -0.39 is 10.0 Å². The van der Waals surface area contributed by atoms with Crippen molar-refractivity contribution in [2.24, 2.45) is 0 Å². The lowest BCUT2D eigenvalue weighted by Gasteiger charge is -2.20. The summed E-state index contributed by atoms with van der Waals surface area (Å²) < 4.78 is 26.3. The molecule has 1 N–H and O–H groups in total. The van der Waals surface area contributed by atoms with Gasteiger partial charge in [0.05, 0.1) is 15.6 Å². The molecule has 1 aromatic rings. The molecule has 1 amide bonds. The predicted molar refractivity (Wildman–Crippen MR) is 114 cm³/mol. The number of nitrogens with one attached hydrogen (secondary N) is 1. The van der Waals surface area contributed by atoms with Crippen LogP contribution in [-0.2, 0) is 14.8 Å². The van der Waals surface area contributed by atoms with Crippen molar-refractivity contribution in [2.45, 2.75) is 25.2 Å². The van der Waals surface area contributed by atoms with Crippen molar-refractivity contribution < 1.29 is 13.2 Å². The van der Waals surface area contributed by atoms with E-state index in [0.717, 1.165) is 21.7 Å². The van der Waals surface area contributed by atoms with Crippen molar-refractivity contribution in [2.75, 3.05) is 38.3 Å². The van der Waals surface area contributed by atoms with Gasteiger partial charge in [-0.1, -0.05) is 35.6 Å². The van der Waals surface area contributed by atoms with Gasteiger partial charge in [-0.25, -0.2) is 12.7 Å². The van der Waals surface area contributed by atoms with Gasteiger partial charge in [0.25, 0.3) is 0 Å². The second-order valence-corrected chi connectivity index (χ2v) is 9.80. The first kappa shape index (κ1) is 23.2. The van der Waals surface area contributed by atoms with Gasteiger partial charge in [0.1, 0.15) is 4.32 Å². The minimum atomic E-state index is -3.60. The van der Waals surface area contributed by atoms with Crippen LogP contribution in [-0.4, -0.2) is 60.8 Å². The molecule has 0 spiro atoms. The van der Waals surface area contributed by atoms with Crippen LogP contribution in [0.3, 0.4) is 0 Å². The van der Waals surface area contributed by atoms with Crippen molar-refractivity contribution in [3.63, 3.8) is 0 Å². The van der Waals surface area contributed by atoms with E-state index in [1.54, 1.807) is 0 Å². The van der Waals surface area contributed by atoms with Crippen molar-refractivity contribution >= 4 is 61.5 Å². The SMILES string of the molecule is CCN(CC)C(=S)SCCC(=O)Nc1cc(S(=O)(=O)N(C)C)ccc1Cl. The number of thioether (sulfide) groups is 1. The highest BCUT2D eigenvalue weighted by molar-refractivity contribution is 8.22. The van der Waals surface area contributed by atoms with Crippen LogP contribution in [0.15, 0.2) is 23.1 Å². The van der Waals surface area contributed by atoms with E-state index in [1.165, 1.54) is 44.1 Å². The summed E-state index contributed by atoms with van der Waals surface area (Å²) in [7, 11) is -0.714. The smallest absolute Gasteiger partial charge is 0.242 e. The van der Waals surface area contributed by atoms with Crippen LogP contribution in [0, 0.1) is 0 Å². The number of benzene rings is 1. The van der Waals surface area contributed by atoms with Crippen LogP contribution < -0.4 is 5.32 Å². The Morgan fingerprint density at radius 3 is 2.42 bits per heavy atom. The average molecular weight is 438 g/mol. The Kier molecular flexibility index (Phi) is 9.32. The van der Waals surface area contributed by atoms with E-state index in [9.17, 15) is 13.2 Å². The number of hydrogen-bond donors (Lipinski definition) is 1. The summed E-state index contributed by atoms with van der Waals surface area (Å²) >= 11 is 12.9. The molecule has 0 atom stereocenters. The minimum absolute atomic E-state index is 0.0688. The molecule has 0 aliphatic heterocycles. The topological polar surface area (TPSA) is 69.7 Å². The molecule has 0 unspecified atom stereocenters. The summed E-state index contributed by atoms with van der Waals surface area (Å²) in [6, 6.07) is 4.23. The van der Waals surface area contributed by atoms with Crippen molar-refractivity contribution in [1.29, 1.82) is 0 Å². The number of hydrogen-bond acceptors (Lipinski definition) is 5. The Labute approximate surface area is 170 Å². The van der Waals surface area contributed by atoms with E-state index in [1.807, 2.05) is 18.7 Å². The van der Waals surface area contributed by atoms with Crippen LogP contribution >= 0.6 is 35.6 Å². The van der Waals surface area contributed by atoms with Gasteiger partial charge in [0.2, 0.25) is 15.9 Å². The Morgan fingerprint density at radius 2 is 1.88 bits per heavy atom. The third kappa shape index (κ3) is 6.38. The second kappa shape index (κ2) is 10.5. The molecule has 0 aliphatic rings. The maximum atomic E-state index is 12.2. The fourth-order valence-corrected chi connectivity index (χ4v) is 4.49. The molecule has 0 heterocycles. The molecule has 146 valence electrons. The zero-order valence-corrected chi connectivity index (χ0v) is 18.5. The number of thiocarbonyl (C=S) groups is 1. The largest absolute Gasteiger partial charge is 0.358 e.